The number of benzene rings is 2. The molecular weight excluding hydrogens is 458 g/mol. The zero-order chi connectivity index (χ0) is 23.5. The topological polar surface area (TPSA) is 105 Å². The second kappa shape index (κ2) is 9.66. The number of carbonyl (C=O) groups excluding carboxylic acids is 2. The first-order chi connectivity index (χ1) is 15.1. The number of fused-ring (bicyclic) bond motifs is 1. The van der Waals surface area contributed by atoms with Gasteiger partial charge < -0.3 is 19.7 Å². The van der Waals surface area contributed by atoms with E-state index in [9.17, 15) is 18.0 Å². The van der Waals surface area contributed by atoms with Gasteiger partial charge in [0.2, 0.25) is 28.6 Å². The Bertz CT molecular complexity index is 1120. The zero-order valence-electron chi connectivity index (χ0n) is 17.9. The molecule has 9 nitrogen and oxygen atoms in total. The van der Waals surface area contributed by atoms with Crippen LogP contribution in [0.2, 0.25) is 5.02 Å². The summed E-state index contributed by atoms with van der Waals surface area (Å²) in [4.78, 5) is 26.9. The molecule has 3 rings (SSSR count). The van der Waals surface area contributed by atoms with E-state index in [1.807, 2.05) is 0 Å². The van der Waals surface area contributed by atoms with Gasteiger partial charge in [0.1, 0.15) is 12.6 Å². The highest BCUT2D eigenvalue weighted by Gasteiger charge is 2.30. The number of ether oxygens (including phenoxy) is 2. The SMILES string of the molecule is CNC(=O)[C@H](C)N(Cc1ccccc1Cl)C(=O)CN(c1ccc2c(c1)OCO2)S(C)(=O)=O. The number of hydrogen-bond acceptors (Lipinski definition) is 6. The summed E-state index contributed by atoms with van der Waals surface area (Å²) in [6.45, 7) is 1.13. The number of nitrogens with zero attached hydrogens (tertiary/aromatic N) is 2. The lowest BCUT2D eigenvalue weighted by Gasteiger charge is -2.31. The van der Waals surface area contributed by atoms with Crippen LogP contribution in [0.15, 0.2) is 42.5 Å². The van der Waals surface area contributed by atoms with Crippen molar-refractivity contribution in [3.05, 3.63) is 53.1 Å². The van der Waals surface area contributed by atoms with Gasteiger partial charge in [0, 0.05) is 24.7 Å². The van der Waals surface area contributed by atoms with Gasteiger partial charge in [0.25, 0.3) is 0 Å². The monoisotopic (exact) mass is 481 g/mol. The number of carbonyl (C=O) groups is 2. The molecule has 1 aliphatic heterocycles. The minimum absolute atomic E-state index is 0.0336. The summed E-state index contributed by atoms with van der Waals surface area (Å²) in [5, 5.41) is 2.95. The molecule has 0 aliphatic carbocycles. The Morgan fingerprint density at radius 3 is 2.50 bits per heavy atom. The maximum Gasteiger partial charge on any atom is 0.244 e. The van der Waals surface area contributed by atoms with Gasteiger partial charge in [0.05, 0.1) is 11.9 Å². The summed E-state index contributed by atoms with van der Waals surface area (Å²) >= 11 is 6.25. The molecule has 0 spiro atoms. The third-order valence-corrected chi connectivity index (χ3v) is 6.54. The summed E-state index contributed by atoms with van der Waals surface area (Å²) in [6.07, 6.45) is 1.01. The van der Waals surface area contributed by atoms with Gasteiger partial charge in [-0.3, -0.25) is 13.9 Å². The van der Waals surface area contributed by atoms with Crippen LogP contribution in [0, 0.1) is 0 Å². The molecule has 2 amide bonds. The van der Waals surface area contributed by atoms with E-state index in [0.717, 1.165) is 10.6 Å². The van der Waals surface area contributed by atoms with E-state index in [4.69, 9.17) is 21.1 Å². The summed E-state index contributed by atoms with van der Waals surface area (Å²) in [6, 6.07) is 10.7. The minimum atomic E-state index is -3.83. The van der Waals surface area contributed by atoms with Crippen molar-refractivity contribution in [2.24, 2.45) is 0 Å². The molecule has 172 valence electrons. The van der Waals surface area contributed by atoms with E-state index in [2.05, 4.69) is 5.32 Å². The van der Waals surface area contributed by atoms with Crippen LogP contribution in [-0.4, -0.2) is 57.8 Å². The van der Waals surface area contributed by atoms with Crippen LogP contribution in [-0.2, 0) is 26.2 Å². The number of nitrogens with one attached hydrogen (secondary N) is 1. The molecule has 0 fully saturated rings. The molecule has 0 radical (unpaired) electrons. The molecular formula is C21H24ClN3O6S. The zero-order valence-corrected chi connectivity index (χ0v) is 19.4. The van der Waals surface area contributed by atoms with E-state index in [1.54, 1.807) is 37.3 Å². The second-order valence-corrected chi connectivity index (χ2v) is 9.52. The van der Waals surface area contributed by atoms with Gasteiger partial charge >= 0.3 is 0 Å². The molecule has 1 N–H and O–H groups in total. The summed E-state index contributed by atoms with van der Waals surface area (Å²) in [7, 11) is -2.37. The second-order valence-electron chi connectivity index (χ2n) is 7.21. The van der Waals surface area contributed by atoms with Crippen molar-refractivity contribution in [3.63, 3.8) is 0 Å². The van der Waals surface area contributed by atoms with Gasteiger partial charge in [0.15, 0.2) is 11.5 Å². The average molecular weight is 482 g/mol. The number of halogens is 1. The van der Waals surface area contributed by atoms with Crippen molar-refractivity contribution in [1.82, 2.24) is 10.2 Å². The van der Waals surface area contributed by atoms with Crippen molar-refractivity contribution in [3.8, 4) is 11.5 Å². The molecule has 0 unspecified atom stereocenters. The van der Waals surface area contributed by atoms with E-state index < -0.39 is 28.5 Å². The van der Waals surface area contributed by atoms with Gasteiger partial charge in [-0.05, 0) is 30.7 Å². The Balaban J connectivity index is 1.92. The van der Waals surface area contributed by atoms with Crippen LogP contribution < -0.4 is 19.1 Å². The van der Waals surface area contributed by atoms with Crippen LogP contribution in [0.4, 0.5) is 5.69 Å². The Labute approximate surface area is 191 Å². The smallest absolute Gasteiger partial charge is 0.244 e. The highest BCUT2D eigenvalue weighted by molar-refractivity contribution is 7.92. The summed E-state index contributed by atoms with van der Waals surface area (Å²) in [5.41, 5.74) is 0.877. The Morgan fingerprint density at radius 1 is 1.16 bits per heavy atom. The lowest BCUT2D eigenvalue weighted by atomic mass is 10.1. The van der Waals surface area contributed by atoms with Crippen molar-refractivity contribution in [2.45, 2.75) is 19.5 Å². The lowest BCUT2D eigenvalue weighted by Crippen LogP contribution is -2.50. The van der Waals surface area contributed by atoms with E-state index >= 15 is 0 Å². The van der Waals surface area contributed by atoms with E-state index in [-0.39, 0.29) is 24.9 Å². The average Bonchev–Trinajstić information content (AvgIpc) is 3.22. The fourth-order valence-corrected chi connectivity index (χ4v) is 4.29. The molecule has 1 heterocycles. The van der Waals surface area contributed by atoms with Crippen LogP contribution in [0.3, 0.4) is 0 Å². The molecule has 2 aromatic rings. The van der Waals surface area contributed by atoms with Crippen molar-refractivity contribution in [1.29, 1.82) is 0 Å². The molecule has 32 heavy (non-hydrogen) atoms. The third-order valence-electron chi connectivity index (χ3n) is 5.04. The van der Waals surface area contributed by atoms with Crippen LogP contribution in [0.5, 0.6) is 11.5 Å². The van der Waals surface area contributed by atoms with Gasteiger partial charge in [-0.15, -0.1) is 0 Å². The maximum absolute atomic E-state index is 13.3. The lowest BCUT2D eigenvalue weighted by molar-refractivity contribution is -0.139. The molecule has 0 saturated heterocycles. The van der Waals surface area contributed by atoms with Crippen LogP contribution in [0.1, 0.15) is 12.5 Å². The first kappa shape index (κ1) is 23.7. The standard InChI is InChI=1S/C21H24ClN3O6S/c1-14(21(27)23-2)24(11-15-6-4-5-7-17(15)22)20(26)12-25(32(3,28)29)16-8-9-18-19(10-16)31-13-30-18/h4-10,14H,11-13H2,1-3H3,(H,23,27)/t14-/m0/s1. The number of amides is 2. The van der Waals surface area contributed by atoms with Gasteiger partial charge in [-0.2, -0.15) is 0 Å². The fraction of sp³-hybridized carbons (Fsp3) is 0.333. The first-order valence-corrected chi connectivity index (χ1v) is 12.0. The van der Waals surface area contributed by atoms with Crippen molar-refractivity contribution >= 4 is 39.1 Å². The predicted octanol–water partition coefficient (Wildman–Crippen LogP) is 2.00. The maximum atomic E-state index is 13.3. The van der Waals surface area contributed by atoms with Crippen molar-refractivity contribution < 1.29 is 27.5 Å². The van der Waals surface area contributed by atoms with Gasteiger partial charge in [-0.1, -0.05) is 29.8 Å². The summed E-state index contributed by atoms with van der Waals surface area (Å²) < 4.78 is 36.6. The third kappa shape index (κ3) is 5.25. The number of likely N-dealkylation sites (N-methyl/N-ethyl adjacent to an activating group) is 1. The predicted molar refractivity (Wildman–Crippen MR) is 120 cm³/mol. The minimum Gasteiger partial charge on any atom is -0.454 e. The molecule has 1 atom stereocenters. The molecule has 0 aromatic heterocycles. The van der Waals surface area contributed by atoms with Crippen molar-refractivity contribution in [2.75, 3.05) is 30.9 Å². The van der Waals surface area contributed by atoms with Crippen LogP contribution in [0.25, 0.3) is 0 Å². The largest absolute Gasteiger partial charge is 0.454 e. The number of rotatable bonds is 8. The summed E-state index contributed by atoms with van der Waals surface area (Å²) in [5.74, 6) is -0.0825. The molecule has 11 heteroatoms. The highest BCUT2D eigenvalue weighted by Crippen LogP contribution is 2.36. The number of sulfonamides is 1. The quantitative estimate of drug-likeness (QED) is 0.618. The molecule has 0 bridgehead atoms. The van der Waals surface area contributed by atoms with E-state index in [0.29, 0.717) is 22.1 Å². The Kier molecular flexibility index (Phi) is 7.15. The fourth-order valence-electron chi connectivity index (χ4n) is 3.26. The number of anilines is 1. The van der Waals surface area contributed by atoms with Gasteiger partial charge in [-0.25, -0.2) is 8.42 Å². The highest BCUT2D eigenvalue weighted by atomic mass is 35.5. The normalized spacial score (nSPS) is 13.4. The molecule has 0 saturated carbocycles. The van der Waals surface area contributed by atoms with Crippen LogP contribution >= 0.6 is 11.6 Å². The first-order valence-electron chi connectivity index (χ1n) is 9.73. The molecule has 2 aromatic carbocycles. The Hall–Kier alpha value is -2.98. The number of hydrogen-bond donors (Lipinski definition) is 1. The molecule has 1 aliphatic rings. The van der Waals surface area contributed by atoms with E-state index in [1.165, 1.54) is 24.1 Å². The Morgan fingerprint density at radius 2 is 1.84 bits per heavy atom.